The summed E-state index contributed by atoms with van der Waals surface area (Å²) in [6, 6.07) is 9.64. The second-order valence-corrected chi connectivity index (χ2v) is 8.84. The van der Waals surface area contributed by atoms with Crippen LogP contribution >= 0.6 is 11.8 Å². The van der Waals surface area contributed by atoms with Crippen LogP contribution in [-0.4, -0.2) is 40.7 Å². The van der Waals surface area contributed by atoms with Crippen LogP contribution in [0.2, 0.25) is 0 Å². The minimum absolute atomic E-state index is 0.257. The third-order valence-corrected chi connectivity index (χ3v) is 6.63. The molecule has 4 rings (SSSR count). The molecule has 2 aromatic heterocycles. The second kappa shape index (κ2) is 8.47. The van der Waals surface area contributed by atoms with Crippen LogP contribution in [0.4, 0.5) is 5.69 Å². The molecule has 1 aromatic carbocycles. The van der Waals surface area contributed by atoms with Crippen molar-refractivity contribution in [1.29, 1.82) is 0 Å². The molecule has 10 heteroatoms. The molecule has 158 valence electrons. The quantitative estimate of drug-likeness (QED) is 0.607. The number of hydrogen-bond donors (Lipinski definition) is 1. The number of tetrazole rings is 1. The Bertz CT molecular complexity index is 1100. The van der Waals surface area contributed by atoms with Crippen molar-refractivity contribution < 1.29 is 4.79 Å². The fourth-order valence-electron chi connectivity index (χ4n) is 3.79. The van der Waals surface area contributed by atoms with Crippen LogP contribution < -0.4 is 10.9 Å². The molecule has 0 spiro atoms. The van der Waals surface area contributed by atoms with E-state index in [9.17, 15) is 9.59 Å². The average molecular weight is 428 g/mol. The Morgan fingerprint density at radius 2 is 1.93 bits per heavy atom. The molecule has 1 N–H and O–H groups in total. The largest absolute Gasteiger partial charge is 0.319 e. The number of hydrogen-bond acceptors (Lipinski definition) is 6. The van der Waals surface area contributed by atoms with Gasteiger partial charge in [0.25, 0.3) is 5.56 Å². The molecule has 1 fully saturated rings. The van der Waals surface area contributed by atoms with Crippen molar-refractivity contribution in [3.05, 3.63) is 46.4 Å². The molecule has 3 aromatic rings. The number of aromatic nitrogens is 6. The van der Waals surface area contributed by atoms with E-state index in [2.05, 4.69) is 20.8 Å². The molecule has 2 heterocycles. The van der Waals surface area contributed by atoms with Crippen LogP contribution in [0.1, 0.15) is 44.3 Å². The Morgan fingerprint density at radius 3 is 2.63 bits per heavy atom. The van der Waals surface area contributed by atoms with Crippen molar-refractivity contribution in [3.63, 3.8) is 0 Å². The van der Waals surface area contributed by atoms with Gasteiger partial charge in [-0.2, -0.15) is 0 Å². The Balaban J connectivity index is 1.52. The third-order valence-electron chi connectivity index (χ3n) is 5.59. The average Bonchev–Trinajstić information content (AvgIpc) is 3.47. The number of anilines is 1. The number of amides is 1. The number of carbonyl (C=O) groups excluding carboxylic acids is 1. The molecule has 1 saturated carbocycles. The van der Waals surface area contributed by atoms with Crippen molar-refractivity contribution in [2.45, 2.75) is 56.0 Å². The summed E-state index contributed by atoms with van der Waals surface area (Å²) in [7, 11) is 1.80. The van der Waals surface area contributed by atoms with Crippen molar-refractivity contribution in [1.82, 2.24) is 29.6 Å². The summed E-state index contributed by atoms with van der Waals surface area (Å²) in [6.45, 7) is 3.61. The molecule has 0 radical (unpaired) electrons. The fraction of sp³-hybridized carbons (Fsp3) is 0.450. The maximum atomic E-state index is 13.0. The van der Waals surface area contributed by atoms with E-state index in [1.807, 2.05) is 41.9 Å². The predicted molar refractivity (Wildman–Crippen MR) is 115 cm³/mol. The highest BCUT2D eigenvalue weighted by Crippen LogP contribution is 2.32. The van der Waals surface area contributed by atoms with E-state index in [-0.39, 0.29) is 17.2 Å². The summed E-state index contributed by atoms with van der Waals surface area (Å²) >= 11 is 1.31. The predicted octanol–water partition coefficient (Wildman–Crippen LogP) is 2.71. The van der Waals surface area contributed by atoms with Crippen LogP contribution in [0, 0.1) is 6.92 Å². The Hall–Kier alpha value is -2.88. The first-order valence-corrected chi connectivity index (χ1v) is 10.9. The number of carbonyl (C=O) groups is 1. The minimum Gasteiger partial charge on any atom is -0.319 e. The van der Waals surface area contributed by atoms with E-state index in [0.29, 0.717) is 16.9 Å². The smallest absolute Gasteiger partial charge is 0.295 e. The summed E-state index contributed by atoms with van der Waals surface area (Å²) in [4.78, 5) is 25.9. The van der Waals surface area contributed by atoms with Gasteiger partial charge in [0.1, 0.15) is 5.69 Å². The van der Waals surface area contributed by atoms with Gasteiger partial charge in [0.05, 0.1) is 22.7 Å². The van der Waals surface area contributed by atoms with Gasteiger partial charge >= 0.3 is 0 Å². The standard InChI is InChI=1S/C20H25N7O2S/c1-13-17(19(29)27(25(13)3)16-11-5-4-6-12-16)21-18(28)14(2)30-20-22-23-24-26(20)15-9-7-8-10-15/h4-6,11-12,14-15H,7-10H2,1-3H3,(H,21,28)/t14-/m0/s1. The minimum atomic E-state index is -0.458. The lowest BCUT2D eigenvalue weighted by Crippen LogP contribution is -2.27. The van der Waals surface area contributed by atoms with Gasteiger partial charge < -0.3 is 5.32 Å². The molecule has 1 aliphatic carbocycles. The molecular formula is C20H25N7O2S. The van der Waals surface area contributed by atoms with Gasteiger partial charge in [0.2, 0.25) is 11.1 Å². The Morgan fingerprint density at radius 1 is 1.23 bits per heavy atom. The van der Waals surface area contributed by atoms with Crippen molar-refractivity contribution in [3.8, 4) is 5.69 Å². The van der Waals surface area contributed by atoms with E-state index in [4.69, 9.17) is 0 Å². The first-order valence-electron chi connectivity index (χ1n) is 10.1. The summed E-state index contributed by atoms with van der Waals surface area (Å²) in [6.07, 6.45) is 4.46. The van der Waals surface area contributed by atoms with Gasteiger partial charge in [-0.3, -0.25) is 14.3 Å². The van der Waals surface area contributed by atoms with Crippen molar-refractivity contribution in [2.75, 3.05) is 5.32 Å². The van der Waals surface area contributed by atoms with Crippen LogP contribution in [0.3, 0.4) is 0 Å². The van der Waals surface area contributed by atoms with Crippen molar-refractivity contribution >= 4 is 23.4 Å². The molecule has 1 aliphatic rings. The number of para-hydroxylation sites is 1. The summed E-state index contributed by atoms with van der Waals surface area (Å²) in [5, 5.41) is 15.0. The monoisotopic (exact) mass is 427 g/mol. The third kappa shape index (κ3) is 3.79. The van der Waals surface area contributed by atoms with Crippen LogP contribution in [0.25, 0.3) is 5.69 Å². The zero-order valence-corrected chi connectivity index (χ0v) is 18.1. The van der Waals surface area contributed by atoms with Crippen LogP contribution in [0.15, 0.2) is 40.3 Å². The van der Waals surface area contributed by atoms with Gasteiger partial charge in [0.15, 0.2) is 0 Å². The topological polar surface area (TPSA) is 99.6 Å². The van der Waals surface area contributed by atoms with Crippen molar-refractivity contribution in [2.24, 2.45) is 7.05 Å². The summed E-state index contributed by atoms with van der Waals surface area (Å²) in [5.41, 5.74) is 1.45. The number of rotatable bonds is 6. The summed E-state index contributed by atoms with van der Waals surface area (Å²) < 4.78 is 5.12. The van der Waals surface area contributed by atoms with E-state index in [0.717, 1.165) is 18.5 Å². The molecule has 30 heavy (non-hydrogen) atoms. The first-order chi connectivity index (χ1) is 14.5. The van der Waals surface area contributed by atoms with Gasteiger partial charge in [-0.05, 0) is 49.2 Å². The highest BCUT2D eigenvalue weighted by molar-refractivity contribution is 8.00. The maximum absolute atomic E-state index is 13.0. The van der Waals surface area contributed by atoms with Gasteiger partial charge in [-0.1, -0.05) is 42.8 Å². The highest BCUT2D eigenvalue weighted by Gasteiger charge is 2.26. The highest BCUT2D eigenvalue weighted by atomic mass is 32.2. The molecule has 0 saturated heterocycles. The maximum Gasteiger partial charge on any atom is 0.295 e. The Labute approximate surface area is 178 Å². The fourth-order valence-corrected chi connectivity index (χ4v) is 4.65. The van der Waals surface area contributed by atoms with E-state index < -0.39 is 5.25 Å². The zero-order chi connectivity index (χ0) is 21.3. The van der Waals surface area contributed by atoms with Gasteiger partial charge in [-0.25, -0.2) is 9.36 Å². The number of nitrogens with zero attached hydrogens (tertiary/aromatic N) is 6. The summed E-state index contributed by atoms with van der Waals surface area (Å²) in [5.74, 6) is -0.257. The molecule has 9 nitrogen and oxygen atoms in total. The van der Waals surface area contributed by atoms with Crippen LogP contribution in [-0.2, 0) is 11.8 Å². The van der Waals surface area contributed by atoms with E-state index in [1.165, 1.54) is 24.6 Å². The molecule has 1 amide bonds. The Kier molecular flexibility index (Phi) is 5.76. The number of nitrogens with one attached hydrogen (secondary N) is 1. The zero-order valence-electron chi connectivity index (χ0n) is 17.3. The molecular weight excluding hydrogens is 402 g/mol. The van der Waals surface area contributed by atoms with E-state index >= 15 is 0 Å². The second-order valence-electron chi connectivity index (χ2n) is 7.53. The number of thioether (sulfide) groups is 1. The molecule has 0 aliphatic heterocycles. The SMILES string of the molecule is Cc1c(NC(=O)[C@H](C)Sc2nnnn2C2CCCC2)c(=O)n(-c2ccccc2)n1C. The molecule has 0 unspecified atom stereocenters. The lowest BCUT2D eigenvalue weighted by molar-refractivity contribution is -0.115. The first kappa shape index (κ1) is 20.4. The molecule has 1 atom stereocenters. The van der Waals surface area contributed by atoms with E-state index in [1.54, 1.807) is 23.3 Å². The van der Waals surface area contributed by atoms with Crippen LogP contribution in [0.5, 0.6) is 0 Å². The normalized spacial score (nSPS) is 15.4. The number of benzene rings is 1. The van der Waals surface area contributed by atoms with Gasteiger partial charge in [0, 0.05) is 7.05 Å². The van der Waals surface area contributed by atoms with Gasteiger partial charge in [-0.15, -0.1) is 5.10 Å². The molecule has 0 bridgehead atoms. The lowest BCUT2D eigenvalue weighted by atomic mass is 10.3. The lowest BCUT2D eigenvalue weighted by Gasteiger charge is -2.14.